The fraction of sp³-hybridized carbons (Fsp3) is 0.393. The Labute approximate surface area is 216 Å². The van der Waals surface area contributed by atoms with E-state index < -0.39 is 23.0 Å². The smallest absolute Gasteiger partial charge is 0.351 e. The largest absolute Gasteiger partial charge is 0.477 e. The van der Waals surface area contributed by atoms with E-state index in [1.165, 1.54) is 12.1 Å². The molecule has 6 rings (SSSR count). The lowest BCUT2D eigenvalue weighted by molar-refractivity contribution is 0.0682. The van der Waals surface area contributed by atoms with Crippen molar-refractivity contribution in [3.05, 3.63) is 63.5 Å². The highest BCUT2D eigenvalue weighted by molar-refractivity contribution is 5.94. The SMILES string of the molecule is C[C@@H]1CCCCCN1C(=O)c1cc(C2(C)CC2)n2nc(-c3ccc4cc(C(=O)O)c(=O)oc4c3F)cc2n1. The van der Waals surface area contributed by atoms with E-state index in [9.17, 15) is 19.5 Å². The predicted octanol–water partition coefficient (Wildman–Crippen LogP) is 4.80. The van der Waals surface area contributed by atoms with Crippen LogP contribution in [0.5, 0.6) is 0 Å². The summed E-state index contributed by atoms with van der Waals surface area (Å²) in [7, 11) is 0. The number of hydrogen-bond acceptors (Lipinski definition) is 6. The zero-order valence-corrected chi connectivity index (χ0v) is 21.2. The first-order valence-electron chi connectivity index (χ1n) is 12.9. The van der Waals surface area contributed by atoms with E-state index in [2.05, 4.69) is 23.9 Å². The Hall–Kier alpha value is -4.08. The van der Waals surface area contributed by atoms with Crippen LogP contribution in [-0.2, 0) is 5.41 Å². The molecular formula is C28H27FN4O5. The Balaban J connectivity index is 1.47. The molecule has 0 radical (unpaired) electrons. The van der Waals surface area contributed by atoms with Crippen molar-refractivity contribution in [1.29, 1.82) is 0 Å². The van der Waals surface area contributed by atoms with Gasteiger partial charge < -0.3 is 14.4 Å². The molecule has 1 aliphatic carbocycles. The van der Waals surface area contributed by atoms with Crippen molar-refractivity contribution in [2.75, 3.05) is 6.54 Å². The fourth-order valence-electron chi connectivity index (χ4n) is 5.31. The molecule has 0 unspecified atom stereocenters. The van der Waals surface area contributed by atoms with Gasteiger partial charge in [-0.1, -0.05) is 25.8 Å². The van der Waals surface area contributed by atoms with E-state index in [4.69, 9.17) is 4.42 Å². The van der Waals surface area contributed by atoms with Crippen LogP contribution in [0.25, 0.3) is 27.9 Å². The monoisotopic (exact) mass is 518 g/mol. The Kier molecular flexibility index (Phi) is 5.59. The van der Waals surface area contributed by atoms with Crippen LogP contribution in [0.15, 0.2) is 39.5 Å². The van der Waals surface area contributed by atoms with Gasteiger partial charge in [-0.25, -0.2) is 23.5 Å². The minimum atomic E-state index is -1.45. The third-order valence-electron chi connectivity index (χ3n) is 7.93. The van der Waals surface area contributed by atoms with Gasteiger partial charge in [0.05, 0.1) is 11.4 Å². The highest BCUT2D eigenvalue weighted by Crippen LogP contribution is 2.47. The molecule has 1 N–H and O–H groups in total. The van der Waals surface area contributed by atoms with Gasteiger partial charge in [-0.2, -0.15) is 5.10 Å². The number of aromatic carboxylic acids is 1. The van der Waals surface area contributed by atoms with Crippen LogP contribution >= 0.6 is 0 Å². The lowest BCUT2D eigenvalue weighted by atomic mass is 10.0. The van der Waals surface area contributed by atoms with Crippen LogP contribution in [0.1, 0.15) is 78.9 Å². The van der Waals surface area contributed by atoms with E-state index in [0.29, 0.717) is 17.9 Å². The Bertz CT molecular complexity index is 1690. The summed E-state index contributed by atoms with van der Waals surface area (Å²) in [5, 5.41) is 14.0. The maximum Gasteiger partial charge on any atom is 0.351 e. The molecule has 196 valence electrons. The van der Waals surface area contributed by atoms with E-state index >= 15 is 4.39 Å². The zero-order chi connectivity index (χ0) is 26.8. The number of amides is 1. The van der Waals surface area contributed by atoms with Crippen molar-refractivity contribution in [3.8, 4) is 11.3 Å². The fourth-order valence-corrected chi connectivity index (χ4v) is 5.31. The van der Waals surface area contributed by atoms with E-state index in [1.807, 2.05) is 11.0 Å². The molecule has 4 aromatic rings. The van der Waals surface area contributed by atoms with E-state index in [0.717, 1.165) is 50.3 Å². The minimum absolute atomic E-state index is 0.0788. The number of fused-ring (bicyclic) bond motifs is 2. The van der Waals surface area contributed by atoms with Gasteiger partial charge in [0, 0.05) is 35.0 Å². The number of hydrogen-bond donors (Lipinski definition) is 1. The zero-order valence-electron chi connectivity index (χ0n) is 21.2. The molecule has 4 heterocycles. The van der Waals surface area contributed by atoms with Crippen LogP contribution in [0, 0.1) is 5.82 Å². The number of carboxylic acid groups (broad SMARTS) is 1. The third kappa shape index (κ3) is 3.95. The van der Waals surface area contributed by atoms with Crippen molar-refractivity contribution in [3.63, 3.8) is 0 Å². The van der Waals surface area contributed by atoms with E-state index in [1.54, 1.807) is 10.6 Å². The van der Waals surface area contributed by atoms with Gasteiger partial charge in [0.15, 0.2) is 17.0 Å². The van der Waals surface area contributed by atoms with Crippen LogP contribution in [0.3, 0.4) is 0 Å². The normalized spacial score (nSPS) is 19.0. The average Bonchev–Trinajstić information content (AvgIpc) is 3.55. The summed E-state index contributed by atoms with van der Waals surface area (Å²) in [4.78, 5) is 43.5. The third-order valence-corrected chi connectivity index (χ3v) is 7.93. The van der Waals surface area contributed by atoms with Crippen molar-refractivity contribution in [2.45, 2.75) is 63.8 Å². The molecule has 38 heavy (non-hydrogen) atoms. The molecule has 1 aliphatic heterocycles. The number of likely N-dealkylation sites (tertiary alicyclic amines) is 1. The highest BCUT2D eigenvalue weighted by Gasteiger charge is 2.42. The van der Waals surface area contributed by atoms with Crippen molar-refractivity contribution >= 4 is 28.5 Å². The standard InChI is InChI=1S/C28H27FN4O5/c1-15-6-4-3-5-11-32(15)25(34)20-13-21(28(2)9-10-28)33-22(30-20)14-19(31-33)17-8-7-16-12-18(26(35)36)27(37)38-24(16)23(17)29/h7-8,12-15H,3-6,9-11H2,1-2H3,(H,35,36)/t15-/m1/s1. The number of benzene rings is 1. The molecule has 2 fully saturated rings. The minimum Gasteiger partial charge on any atom is -0.477 e. The summed E-state index contributed by atoms with van der Waals surface area (Å²) < 4.78 is 22.3. The molecule has 2 aliphatic rings. The van der Waals surface area contributed by atoms with Crippen LogP contribution in [0.2, 0.25) is 0 Å². The summed E-state index contributed by atoms with van der Waals surface area (Å²) in [5.74, 6) is -2.38. The van der Waals surface area contributed by atoms with Crippen LogP contribution in [0.4, 0.5) is 4.39 Å². The summed E-state index contributed by atoms with van der Waals surface area (Å²) in [6.07, 6.45) is 6.01. The summed E-state index contributed by atoms with van der Waals surface area (Å²) in [5.41, 5.74) is -0.235. The number of carbonyl (C=O) groups excluding carboxylic acids is 1. The predicted molar refractivity (Wildman–Crippen MR) is 137 cm³/mol. The Morgan fingerprint density at radius 2 is 1.95 bits per heavy atom. The van der Waals surface area contributed by atoms with Crippen molar-refractivity contribution < 1.29 is 23.5 Å². The molecule has 1 amide bonds. The second kappa shape index (κ2) is 8.75. The Morgan fingerprint density at radius 1 is 1.16 bits per heavy atom. The van der Waals surface area contributed by atoms with Gasteiger partial charge in [0.1, 0.15) is 11.3 Å². The summed E-state index contributed by atoms with van der Waals surface area (Å²) in [6.45, 7) is 4.88. The molecular weight excluding hydrogens is 491 g/mol. The highest BCUT2D eigenvalue weighted by atomic mass is 19.1. The molecule has 0 spiro atoms. The first-order valence-corrected chi connectivity index (χ1v) is 12.9. The lowest BCUT2D eigenvalue weighted by Gasteiger charge is -2.27. The molecule has 1 aromatic carbocycles. The quantitative estimate of drug-likeness (QED) is 0.386. The van der Waals surface area contributed by atoms with Gasteiger partial charge in [-0.3, -0.25) is 4.79 Å². The molecule has 10 heteroatoms. The maximum absolute atomic E-state index is 15.6. The topological polar surface area (TPSA) is 118 Å². The van der Waals surface area contributed by atoms with Gasteiger partial charge in [-0.05, 0) is 50.8 Å². The number of carbonyl (C=O) groups is 2. The number of nitrogens with zero attached hydrogens (tertiary/aromatic N) is 4. The summed E-state index contributed by atoms with van der Waals surface area (Å²) >= 11 is 0. The molecule has 1 atom stereocenters. The second-order valence-corrected chi connectivity index (χ2v) is 10.7. The van der Waals surface area contributed by atoms with Crippen molar-refractivity contribution in [1.82, 2.24) is 19.5 Å². The second-order valence-electron chi connectivity index (χ2n) is 10.7. The van der Waals surface area contributed by atoms with Gasteiger partial charge in [-0.15, -0.1) is 0 Å². The average molecular weight is 519 g/mol. The number of aromatic nitrogens is 3. The van der Waals surface area contributed by atoms with Crippen LogP contribution in [-0.4, -0.2) is 49.1 Å². The molecule has 1 saturated heterocycles. The van der Waals surface area contributed by atoms with Crippen molar-refractivity contribution in [2.24, 2.45) is 0 Å². The molecule has 9 nitrogen and oxygen atoms in total. The van der Waals surface area contributed by atoms with Crippen LogP contribution < -0.4 is 5.63 Å². The van der Waals surface area contributed by atoms with E-state index in [-0.39, 0.29) is 39.6 Å². The first-order chi connectivity index (χ1) is 18.2. The Morgan fingerprint density at radius 3 is 2.68 bits per heavy atom. The maximum atomic E-state index is 15.6. The number of halogens is 1. The summed E-state index contributed by atoms with van der Waals surface area (Å²) in [6, 6.07) is 7.61. The first kappa shape index (κ1) is 24.3. The number of rotatable bonds is 4. The number of carboxylic acids is 1. The lowest BCUT2D eigenvalue weighted by Crippen LogP contribution is -2.39. The van der Waals surface area contributed by atoms with Gasteiger partial charge in [0.2, 0.25) is 0 Å². The van der Waals surface area contributed by atoms with Gasteiger partial charge in [0.25, 0.3) is 5.91 Å². The molecule has 0 bridgehead atoms. The van der Waals surface area contributed by atoms with Gasteiger partial charge >= 0.3 is 11.6 Å². The molecule has 1 saturated carbocycles. The molecule has 3 aromatic heterocycles.